The van der Waals surface area contributed by atoms with Gasteiger partial charge in [-0.15, -0.1) is 0 Å². The van der Waals surface area contributed by atoms with Crippen LogP contribution in [0, 0.1) is 11.3 Å². The summed E-state index contributed by atoms with van der Waals surface area (Å²) < 4.78 is 10.4. The number of hydrogen-bond donors (Lipinski definition) is 2. The third-order valence-electron chi connectivity index (χ3n) is 4.75. The van der Waals surface area contributed by atoms with E-state index in [1.807, 2.05) is 12.1 Å². The monoisotopic (exact) mass is 373 g/mol. The minimum atomic E-state index is -0.714. The van der Waals surface area contributed by atoms with Crippen LogP contribution in [0.1, 0.15) is 27.4 Å². The van der Waals surface area contributed by atoms with Crippen molar-refractivity contribution in [3.8, 4) is 11.8 Å². The smallest absolute Gasteiger partial charge is 0.337 e. The zero-order valence-electron chi connectivity index (χ0n) is 14.9. The molecule has 2 heterocycles. The van der Waals surface area contributed by atoms with Gasteiger partial charge < -0.3 is 20.2 Å². The molecule has 2 aromatic carbocycles. The van der Waals surface area contributed by atoms with Crippen molar-refractivity contribution in [2.75, 3.05) is 7.11 Å². The van der Waals surface area contributed by atoms with Crippen LogP contribution in [0.15, 0.2) is 64.8 Å². The zero-order valence-corrected chi connectivity index (χ0v) is 14.9. The first-order valence-electron chi connectivity index (χ1n) is 8.46. The Balaban J connectivity index is 1.97. The number of ether oxygens (including phenoxy) is 2. The van der Waals surface area contributed by atoms with Crippen LogP contribution < -0.4 is 16.0 Å². The quantitative estimate of drug-likeness (QED) is 0.667. The minimum absolute atomic E-state index is 0.0483. The molecular weight excluding hydrogens is 358 g/mol. The largest absolute Gasteiger partial charge is 0.465 e. The van der Waals surface area contributed by atoms with Gasteiger partial charge in [0.05, 0.1) is 29.7 Å². The molecule has 3 N–H and O–H groups in total. The van der Waals surface area contributed by atoms with Crippen LogP contribution in [0.25, 0.3) is 10.9 Å². The number of nitrogens with zero attached hydrogens (tertiary/aromatic N) is 1. The number of allylic oxidation sites excluding steroid dienone is 1. The number of esters is 1. The summed E-state index contributed by atoms with van der Waals surface area (Å²) in [5.41, 5.74) is 7.71. The Kier molecular flexibility index (Phi) is 4.09. The molecule has 0 spiro atoms. The summed E-state index contributed by atoms with van der Waals surface area (Å²) >= 11 is 0. The van der Waals surface area contributed by atoms with Crippen molar-refractivity contribution in [1.82, 2.24) is 4.98 Å². The molecule has 4 rings (SSSR count). The molecule has 1 aliphatic rings. The molecule has 0 bridgehead atoms. The van der Waals surface area contributed by atoms with Gasteiger partial charge in [-0.1, -0.05) is 24.3 Å². The summed E-state index contributed by atoms with van der Waals surface area (Å²) in [5.74, 6) is -0.905. The van der Waals surface area contributed by atoms with Gasteiger partial charge in [-0.2, -0.15) is 5.26 Å². The number of nitriles is 1. The highest BCUT2D eigenvalue weighted by Gasteiger charge is 2.34. The maximum Gasteiger partial charge on any atom is 0.337 e. The topological polar surface area (TPSA) is 118 Å². The lowest BCUT2D eigenvalue weighted by Crippen LogP contribution is -2.27. The average molecular weight is 373 g/mol. The number of carbonyl (C=O) groups is 1. The Bertz CT molecular complexity index is 1230. The highest BCUT2D eigenvalue weighted by molar-refractivity contribution is 5.89. The molecule has 0 aliphatic carbocycles. The van der Waals surface area contributed by atoms with E-state index in [1.165, 1.54) is 7.11 Å². The maximum absolute atomic E-state index is 12.9. The van der Waals surface area contributed by atoms with Crippen LogP contribution in [-0.2, 0) is 4.74 Å². The summed E-state index contributed by atoms with van der Waals surface area (Å²) in [6.07, 6.45) is 0. The van der Waals surface area contributed by atoms with Crippen LogP contribution in [0.5, 0.6) is 5.75 Å². The number of hydrogen-bond acceptors (Lipinski definition) is 6. The second kappa shape index (κ2) is 6.59. The Hall–Kier alpha value is -4.05. The van der Waals surface area contributed by atoms with E-state index in [-0.39, 0.29) is 17.0 Å². The van der Waals surface area contributed by atoms with E-state index in [9.17, 15) is 14.9 Å². The van der Waals surface area contributed by atoms with E-state index in [0.717, 1.165) is 0 Å². The third kappa shape index (κ3) is 2.59. The summed E-state index contributed by atoms with van der Waals surface area (Å²) in [7, 11) is 1.30. The van der Waals surface area contributed by atoms with E-state index in [4.69, 9.17) is 15.2 Å². The minimum Gasteiger partial charge on any atom is -0.465 e. The first kappa shape index (κ1) is 17.4. The molecule has 0 radical (unpaired) electrons. The zero-order chi connectivity index (χ0) is 19.8. The fourth-order valence-electron chi connectivity index (χ4n) is 3.43. The molecule has 1 aliphatic heterocycles. The molecule has 0 saturated heterocycles. The predicted octanol–water partition coefficient (Wildman–Crippen LogP) is 2.53. The summed E-state index contributed by atoms with van der Waals surface area (Å²) in [5, 5.41) is 10.3. The Labute approximate surface area is 159 Å². The SMILES string of the molecule is COC(=O)c1ccc([C@@H]2C(C#N)=C(N)Oc3c2c(=O)[nH]c2ccccc32)cc1. The first-order valence-corrected chi connectivity index (χ1v) is 8.46. The second-order valence-corrected chi connectivity index (χ2v) is 6.28. The van der Waals surface area contributed by atoms with Gasteiger partial charge in [0.1, 0.15) is 17.4 Å². The summed E-state index contributed by atoms with van der Waals surface area (Å²) in [6.45, 7) is 0. The molecule has 0 saturated carbocycles. The number of benzene rings is 2. The van der Waals surface area contributed by atoms with Gasteiger partial charge in [0, 0.05) is 5.39 Å². The number of nitrogens with one attached hydrogen (secondary N) is 1. The van der Waals surface area contributed by atoms with Crippen molar-refractivity contribution in [3.05, 3.63) is 87.0 Å². The van der Waals surface area contributed by atoms with Crippen molar-refractivity contribution in [1.29, 1.82) is 5.26 Å². The van der Waals surface area contributed by atoms with Crippen molar-refractivity contribution in [3.63, 3.8) is 0 Å². The number of nitrogens with two attached hydrogens (primary N) is 1. The number of aromatic amines is 1. The van der Waals surface area contributed by atoms with Gasteiger partial charge in [-0.25, -0.2) is 4.79 Å². The lowest BCUT2D eigenvalue weighted by Gasteiger charge is -2.26. The van der Waals surface area contributed by atoms with E-state index < -0.39 is 11.9 Å². The van der Waals surface area contributed by atoms with E-state index >= 15 is 0 Å². The number of methoxy groups -OCH3 is 1. The molecule has 1 atom stereocenters. The number of para-hydroxylation sites is 1. The van der Waals surface area contributed by atoms with Crippen molar-refractivity contribution in [2.45, 2.75) is 5.92 Å². The average Bonchev–Trinajstić information content (AvgIpc) is 2.72. The molecule has 28 heavy (non-hydrogen) atoms. The Morgan fingerprint density at radius 2 is 1.93 bits per heavy atom. The van der Waals surface area contributed by atoms with Gasteiger partial charge in [0.15, 0.2) is 0 Å². The molecule has 0 unspecified atom stereocenters. The van der Waals surface area contributed by atoms with Gasteiger partial charge in [-0.3, -0.25) is 4.79 Å². The molecule has 0 fully saturated rings. The van der Waals surface area contributed by atoms with Crippen molar-refractivity contribution < 1.29 is 14.3 Å². The molecule has 7 heteroatoms. The molecule has 7 nitrogen and oxygen atoms in total. The lowest BCUT2D eigenvalue weighted by atomic mass is 9.83. The highest BCUT2D eigenvalue weighted by atomic mass is 16.5. The summed E-state index contributed by atoms with van der Waals surface area (Å²) in [4.78, 5) is 27.4. The fraction of sp³-hybridized carbons (Fsp3) is 0.0952. The van der Waals surface area contributed by atoms with Gasteiger partial charge >= 0.3 is 5.97 Å². The summed E-state index contributed by atoms with van der Waals surface area (Å²) in [6, 6.07) is 15.8. The van der Waals surface area contributed by atoms with Gasteiger partial charge in [0.2, 0.25) is 5.88 Å². The van der Waals surface area contributed by atoms with Crippen LogP contribution in [0.4, 0.5) is 0 Å². The fourth-order valence-corrected chi connectivity index (χ4v) is 3.43. The van der Waals surface area contributed by atoms with Crippen LogP contribution in [0.3, 0.4) is 0 Å². The highest BCUT2D eigenvalue weighted by Crippen LogP contribution is 2.42. The standard InChI is InChI=1S/C21H15N3O4/c1-27-21(26)12-8-6-11(7-9-12)16-14(10-22)19(23)28-18-13-4-2-3-5-15(13)24-20(25)17(16)18/h2-9,16H,23H2,1H3,(H,24,25)/t16-/m1/s1. The van der Waals surface area contributed by atoms with E-state index in [2.05, 4.69) is 11.1 Å². The van der Waals surface area contributed by atoms with E-state index in [1.54, 1.807) is 36.4 Å². The number of fused-ring (bicyclic) bond motifs is 3. The third-order valence-corrected chi connectivity index (χ3v) is 4.75. The number of rotatable bonds is 2. The number of H-pyrrole nitrogens is 1. The maximum atomic E-state index is 12.9. The Morgan fingerprint density at radius 3 is 2.61 bits per heavy atom. The van der Waals surface area contributed by atoms with Crippen molar-refractivity contribution in [2.24, 2.45) is 5.73 Å². The molecule has 0 amide bonds. The number of aromatic nitrogens is 1. The first-order chi connectivity index (χ1) is 13.5. The Morgan fingerprint density at radius 1 is 1.21 bits per heavy atom. The van der Waals surface area contributed by atoms with E-state index in [0.29, 0.717) is 33.3 Å². The number of pyridine rings is 1. The molecular formula is C21H15N3O4. The van der Waals surface area contributed by atoms with Crippen LogP contribution in [0.2, 0.25) is 0 Å². The lowest BCUT2D eigenvalue weighted by molar-refractivity contribution is 0.0600. The normalized spacial score (nSPS) is 15.5. The predicted molar refractivity (Wildman–Crippen MR) is 102 cm³/mol. The van der Waals surface area contributed by atoms with Crippen LogP contribution in [-0.4, -0.2) is 18.1 Å². The molecule has 1 aromatic heterocycles. The van der Waals surface area contributed by atoms with Gasteiger partial charge in [0.25, 0.3) is 5.56 Å². The van der Waals surface area contributed by atoms with Gasteiger partial charge in [-0.05, 0) is 29.8 Å². The molecule has 138 valence electrons. The second-order valence-electron chi connectivity index (χ2n) is 6.28. The van der Waals surface area contributed by atoms with Crippen molar-refractivity contribution >= 4 is 16.9 Å². The molecule has 3 aromatic rings. The number of carbonyl (C=O) groups excluding carboxylic acids is 1. The van der Waals surface area contributed by atoms with Crippen LogP contribution >= 0.6 is 0 Å².